The summed E-state index contributed by atoms with van der Waals surface area (Å²) in [7, 11) is -3.68. The second kappa shape index (κ2) is 5.07. The van der Waals surface area contributed by atoms with Crippen LogP contribution in [0.3, 0.4) is 0 Å². The minimum absolute atomic E-state index is 0.0221. The Hall–Kier alpha value is -1.41. The highest BCUT2D eigenvalue weighted by Gasteiger charge is 2.17. The normalized spacial score (nSPS) is 11.4. The van der Waals surface area contributed by atoms with Crippen LogP contribution in [-0.2, 0) is 16.6 Å². The van der Waals surface area contributed by atoms with Crippen molar-refractivity contribution in [1.82, 2.24) is 14.5 Å². The summed E-state index contributed by atoms with van der Waals surface area (Å²) in [5.74, 6) is 0.246. The molecular formula is C10H11BrN4O2S. The highest BCUT2D eigenvalue weighted by molar-refractivity contribution is 9.10. The number of halogens is 1. The molecule has 2 aromatic heterocycles. The lowest BCUT2D eigenvalue weighted by molar-refractivity contribution is 0.597. The lowest BCUT2D eigenvalue weighted by atomic mass is 10.5. The van der Waals surface area contributed by atoms with Crippen LogP contribution in [0.15, 0.2) is 40.4 Å². The number of nitrogens with one attached hydrogen (secondary N) is 1. The molecule has 0 unspecified atom stereocenters. The van der Waals surface area contributed by atoms with E-state index < -0.39 is 10.0 Å². The molecule has 8 heteroatoms. The van der Waals surface area contributed by atoms with Crippen molar-refractivity contribution in [3.63, 3.8) is 0 Å². The molecule has 6 nitrogen and oxygen atoms in total. The Balaban J connectivity index is 2.27. The highest BCUT2D eigenvalue weighted by atomic mass is 79.9. The first kappa shape index (κ1) is 13.0. The number of hydrogen-bond donors (Lipinski definition) is 1. The molecule has 0 fully saturated rings. The molecule has 0 atom stereocenters. The van der Waals surface area contributed by atoms with Gasteiger partial charge in [-0.05, 0) is 35.0 Å². The van der Waals surface area contributed by atoms with Crippen LogP contribution < -0.4 is 4.72 Å². The molecule has 0 aromatic carbocycles. The van der Waals surface area contributed by atoms with Crippen molar-refractivity contribution < 1.29 is 8.42 Å². The predicted octanol–water partition coefficient (Wildman–Crippen LogP) is 1.86. The van der Waals surface area contributed by atoms with Gasteiger partial charge in [-0.15, -0.1) is 0 Å². The Kier molecular flexibility index (Phi) is 3.67. The van der Waals surface area contributed by atoms with E-state index in [0.717, 1.165) is 0 Å². The van der Waals surface area contributed by atoms with Crippen molar-refractivity contribution in [1.29, 1.82) is 0 Å². The van der Waals surface area contributed by atoms with Gasteiger partial charge < -0.3 is 4.57 Å². The molecule has 1 N–H and O–H groups in total. The quantitative estimate of drug-likeness (QED) is 0.868. The molecule has 0 aliphatic carbocycles. The molecule has 0 bridgehead atoms. The summed E-state index contributed by atoms with van der Waals surface area (Å²) < 4.78 is 28.6. The van der Waals surface area contributed by atoms with Crippen LogP contribution in [-0.4, -0.2) is 23.0 Å². The summed E-state index contributed by atoms with van der Waals surface area (Å²) in [5, 5.41) is -0.0221. The monoisotopic (exact) mass is 330 g/mol. The molecule has 0 amide bonds. The summed E-state index contributed by atoms with van der Waals surface area (Å²) >= 11 is 3.18. The third-order valence-electron chi connectivity index (χ3n) is 2.20. The molecule has 2 rings (SSSR count). The van der Waals surface area contributed by atoms with Gasteiger partial charge in [0, 0.05) is 12.7 Å². The minimum Gasteiger partial charge on any atom is -0.336 e. The SMILES string of the molecule is CCn1cnc(S(=O)(=O)Nc2cccc(Br)n2)c1. The molecule has 0 radical (unpaired) electrons. The van der Waals surface area contributed by atoms with Crippen LogP contribution in [0.2, 0.25) is 0 Å². The summed E-state index contributed by atoms with van der Waals surface area (Å²) in [6.45, 7) is 2.57. The van der Waals surface area contributed by atoms with Crippen LogP contribution in [0.4, 0.5) is 5.82 Å². The van der Waals surface area contributed by atoms with Gasteiger partial charge in [0.2, 0.25) is 0 Å². The average molecular weight is 331 g/mol. The molecule has 0 aliphatic heterocycles. The van der Waals surface area contributed by atoms with Crippen LogP contribution in [0.5, 0.6) is 0 Å². The Bertz CT molecular complexity index is 653. The van der Waals surface area contributed by atoms with Crippen LogP contribution in [0, 0.1) is 0 Å². The number of aryl methyl sites for hydroxylation is 1. The van der Waals surface area contributed by atoms with E-state index in [-0.39, 0.29) is 10.8 Å². The van der Waals surface area contributed by atoms with E-state index in [4.69, 9.17) is 0 Å². The third-order valence-corrected chi connectivity index (χ3v) is 3.89. The lowest BCUT2D eigenvalue weighted by Crippen LogP contribution is -2.14. The second-order valence-electron chi connectivity index (χ2n) is 3.49. The molecule has 2 heterocycles. The van der Waals surface area contributed by atoms with Crippen LogP contribution in [0.25, 0.3) is 0 Å². The van der Waals surface area contributed by atoms with E-state index in [2.05, 4.69) is 30.6 Å². The maximum absolute atomic E-state index is 12.0. The molecule has 0 saturated heterocycles. The predicted molar refractivity (Wildman–Crippen MR) is 70.6 cm³/mol. The van der Waals surface area contributed by atoms with E-state index in [1.54, 1.807) is 22.8 Å². The summed E-state index contributed by atoms with van der Waals surface area (Å²) in [6.07, 6.45) is 2.95. The fourth-order valence-corrected chi connectivity index (χ4v) is 2.60. The Labute approximate surface area is 113 Å². The molecule has 0 spiro atoms. The maximum Gasteiger partial charge on any atom is 0.282 e. The van der Waals surface area contributed by atoms with Crippen molar-refractivity contribution in [3.05, 3.63) is 35.3 Å². The molecule has 0 aliphatic rings. The van der Waals surface area contributed by atoms with E-state index >= 15 is 0 Å². The summed E-state index contributed by atoms with van der Waals surface area (Å²) in [6, 6.07) is 4.97. The van der Waals surface area contributed by atoms with Gasteiger partial charge in [-0.1, -0.05) is 6.07 Å². The van der Waals surface area contributed by atoms with E-state index in [9.17, 15) is 8.42 Å². The van der Waals surface area contributed by atoms with Gasteiger partial charge in [0.25, 0.3) is 10.0 Å². The Morgan fingerprint density at radius 2 is 2.22 bits per heavy atom. The third kappa shape index (κ3) is 2.88. The van der Waals surface area contributed by atoms with Crippen molar-refractivity contribution in [2.24, 2.45) is 0 Å². The Morgan fingerprint density at radius 3 is 2.83 bits per heavy atom. The molecule has 96 valence electrons. The number of pyridine rings is 1. The average Bonchev–Trinajstić information content (AvgIpc) is 2.77. The zero-order valence-corrected chi connectivity index (χ0v) is 11.9. The van der Waals surface area contributed by atoms with Gasteiger partial charge in [-0.2, -0.15) is 8.42 Å². The van der Waals surface area contributed by atoms with E-state index in [1.165, 1.54) is 12.5 Å². The molecular weight excluding hydrogens is 320 g/mol. The number of imidazole rings is 1. The second-order valence-corrected chi connectivity index (χ2v) is 5.94. The zero-order chi connectivity index (χ0) is 13.2. The summed E-state index contributed by atoms with van der Waals surface area (Å²) in [5.41, 5.74) is 0. The first-order valence-electron chi connectivity index (χ1n) is 5.18. The Morgan fingerprint density at radius 1 is 1.44 bits per heavy atom. The first-order valence-corrected chi connectivity index (χ1v) is 7.46. The topological polar surface area (TPSA) is 76.9 Å². The van der Waals surface area contributed by atoms with Crippen molar-refractivity contribution in [2.45, 2.75) is 18.5 Å². The molecule has 2 aromatic rings. The number of nitrogens with zero attached hydrogens (tertiary/aromatic N) is 3. The van der Waals surface area contributed by atoms with E-state index in [1.807, 2.05) is 6.92 Å². The minimum atomic E-state index is -3.68. The van der Waals surface area contributed by atoms with Crippen LogP contribution >= 0.6 is 15.9 Å². The fourth-order valence-electron chi connectivity index (χ4n) is 1.31. The standard InChI is InChI=1S/C10H11BrN4O2S/c1-2-15-6-10(12-7-15)18(16,17)14-9-5-3-4-8(11)13-9/h3-7H,2H2,1H3,(H,13,14). The van der Waals surface area contributed by atoms with Gasteiger partial charge in [0.05, 0.1) is 6.33 Å². The number of hydrogen-bond acceptors (Lipinski definition) is 4. The largest absolute Gasteiger partial charge is 0.336 e. The lowest BCUT2D eigenvalue weighted by Gasteiger charge is -2.04. The number of aromatic nitrogens is 3. The maximum atomic E-state index is 12.0. The fraction of sp³-hybridized carbons (Fsp3) is 0.200. The number of sulfonamides is 1. The summed E-state index contributed by atoms with van der Waals surface area (Å²) in [4.78, 5) is 7.85. The first-order chi connectivity index (χ1) is 8.51. The van der Waals surface area contributed by atoms with Crippen molar-refractivity contribution in [3.8, 4) is 0 Å². The van der Waals surface area contributed by atoms with Gasteiger partial charge in [-0.3, -0.25) is 4.72 Å². The number of anilines is 1. The smallest absolute Gasteiger partial charge is 0.282 e. The van der Waals surface area contributed by atoms with Gasteiger partial charge in [0.1, 0.15) is 10.4 Å². The molecule has 0 saturated carbocycles. The molecule has 18 heavy (non-hydrogen) atoms. The number of rotatable bonds is 4. The van der Waals surface area contributed by atoms with Gasteiger partial charge in [-0.25, -0.2) is 9.97 Å². The van der Waals surface area contributed by atoms with Crippen molar-refractivity contribution >= 4 is 31.8 Å². The van der Waals surface area contributed by atoms with Crippen LogP contribution in [0.1, 0.15) is 6.92 Å². The van der Waals surface area contributed by atoms with Gasteiger partial charge in [0.15, 0.2) is 5.03 Å². The van der Waals surface area contributed by atoms with E-state index in [0.29, 0.717) is 11.1 Å². The zero-order valence-electron chi connectivity index (χ0n) is 9.54. The van der Waals surface area contributed by atoms with Gasteiger partial charge >= 0.3 is 0 Å². The van der Waals surface area contributed by atoms with Crippen molar-refractivity contribution in [2.75, 3.05) is 4.72 Å². The highest BCUT2D eigenvalue weighted by Crippen LogP contribution is 2.14.